The molecule has 0 aliphatic carbocycles. The third-order valence-corrected chi connectivity index (χ3v) is 7.63. The molecule has 0 aliphatic heterocycles. The fourth-order valence-electron chi connectivity index (χ4n) is 2.38. The average molecular weight is 417 g/mol. The van der Waals surface area contributed by atoms with E-state index in [1.807, 2.05) is 6.92 Å². The monoisotopic (exact) mass is 416 g/mol. The minimum absolute atomic E-state index is 0.136. The Balaban J connectivity index is 2.34. The predicted molar refractivity (Wildman–Crippen MR) is 102 cm³/mol. The van der Waals surface area contributed by atoms with Crippen LogP contribution in [-0.2, 0) is 19.9 Å². The van der Waals surface area contributed by atoms with E-state index in [9.17, 15) is 16.8 Å². The summed E-state index contributed by atoms with van der Waals surface area (Å²) in [6.07, 6.45) is 3.26. The van der Waals surface area contributed by atoms with E-state index in [-0.39, 0.29) is 23.1 Å². The van der Waals surface area contributed by atoms with Gasteiger partial charge in [-0.2, -0.15) is 0 Å². The Morgan fingerprint density at radius 2 is 1.81 bits per heavy atom. The van der Waals surface area contributed by atoms with Crippen molar-refractivity contribution < 1.29 is 16.8 Å². The van der Waals surface area contributed by atoms with E-state index < -0.39 is 25.1 Å². The van der Waals surface area contributed by atoms with Gasteiger partial charge in [0.2, 0.25) is 10.0 Å². The Labute approximate surface area is 159 Å². The highest BCUT2D eigenvalue weighted by molar-refractivity contribution is 7.92. The first-order valence-electron chi connectivity index (χ1n) is 8.00. The van der Waals surface area contributed by atoms with Crippen molar-refractivity contribution in [3.8, 4) is 0 Å². The summed E-state index contributed by atoms with van der Waals surface area (Å²) in [7, 11) is -7.42. The fraction of sp³-hybridized carbons (Fsp3) is 0.353. The molecule has 0 spiro atoms. The van der Waals surface area contributed by atoms with E-state index in [1.54, 1.807) is 24.3 Å². The number of alkyl halides is 1. The second kappa shape index (κ2) is 8.94. The van der Waals surface area contributed by atoms with Crippen molar-refractivity contribution in [1.29, 1.82) is 0 Å². The topological polar surface area (TPSA) is 93.2 Å². The number of halogens is 1. The van der Waals surface area contributed by atoms with Gasteiger partial charge in [-0.05, 0) is 37.1 Å². The number of hydrogen-bond donors (Lipinski definition) is 1. The first kappa shape index (κ1) is 20.8. The number of sulfonamides is 1. The third kappa shape index (κ3) is 5.51. The van der Waals surface area contributed by atoms with Crippen LogP contribution in [0.15, 0.2) is 53.7 Å². The zero-order valence-corrected chi connectivity index (χ0v) is 16.7. The molecule has 0 fully saturated rings. The standard InChI is InChI=1S/C17H21ClN2O4S2/c1-14-5-7-16(8-6-14)26(23,24)17(15-4-2-10-19-12-15)13-20-25(21,22)11-3-9-18/h2,4-8,10,12,17,20H,3,9,11,13H2,1H3. The highest BCUT2D eigenvalue weighted by Crippen LogP contribution is 2.28. The molecule has 2 aromatic rings. The molecular formula is C17H21ClN2O4S2. The van der Waals surface area contributed by atoms with Gasteiger partial charge < -0.3 is 0 Å². The van der Waals surface area contributed by atoms with E-state index in [1.165, 1.54) is 24.5 Å². The van der Waals surface area contributed by atoms with Crippen LogP contribution in [0.25, 0.3) is 0 Å². The number of pyridine rings is 1. The number of nitrogens with one attached hydrogen (secondary N) is 1. The smallest absolute Gasteiger partial charge is 0.211 e. The van der Waals surface area contributed by atoms with Gasteiger partial charge in [0, 0.05) is 24.8 Å². The predicted octanol–water partition coefficient (Wildman–Crippen LogP) is 2.45. The molecule has 0 saturated carbocycles. The van der Waals surface area contributed by atoms with E-state index in [2.05, 4.69) is 9.71 Å². The third-order valence-electron chi connectivity index (χ3n) is 3.82. The average Bonchev–Trinajstić information content (AvgIpc) is 2.61. The van der Waals surface area contributed by atoms with Gasteiger partial charge in [-0.1, -0.05) is 23.8 Å². The van der Waals surface area contributed by atoms with E-state index >= 15 is 0 Å². The van der Waals surface area contributed by atoms with Gasteiger partial charge in [-0.3, -0.25) is 4.98 Å². The molecule has 0 radical (unpaired) electrons. The summed E-state index contributed by atoms with van der Waals surface area (Å²) in [5, 5.41) is -1.08. The largest absolute Gasteiger partial charge is 0.264 e. The van der Waals surface area contributed by atoms with Crippen LogP contribution in [0.2, 0.25) is 0 Å². The minimum Gasteiger partial charge on any atom is -0.264 e. The summed E-state index contributed by atoms with van der Waals surface area (Å²) >= 11 is 5.54. The summed E-state index contributed by atoms with van der Waals surface area (Å²) in [5.41, 5.74) is 1.36. The van der Waals surface area contributed by atoms with Gasteiger partial charge in [0.25, 0.3) is 0 Å². The molecule has 1 heterocycles. The molecule has 0 saturated heterocycles. The maximum atomic E-state index is 13.1. The van der Waals surface area contributed by atoms with Crippen LogP contribution >= 0.6 is 11.6 Å². The molecule has 0 bridgehead atoms. The molecule has 2 rings (SSSR count). The second-order valence-corrected chi connectivity index (χ2v) is 10.3. The molecule has 0 amide bonds. The first-order valence-corrected chi connectivity index (χ1v) is 11.7. The van der Waals surface area contributed by atoms with E-state index in [0.29, 0.717) is 12.0 Å². The Morgan fingerprint density at radius 3 is 2.38 bits per heavy atom. The molecule has 6 nitrogen and oxygen atoms in total. The first-order chi connectivity index (χ1) is 12.3. The SMILES string of the molecule is Cc1ccc(S(=O)(=O)C(CNS(=O)(=O)CCCCl)c2cccnc2)cc1. The fourth-order valence-corrected chi connectivity index (χ4v) is 5.52. The van der Waals surface area contributed by atoms with Gasteiger partial charge in [0.05, 0.1) is 10.6 Å². The second-order valence-electron chi connectivity index (χ2n) is 5.84. The number of aryl methyl sites for hydroxylation is 1. The normalized spacial score (nSPS) is 13.5. The van der Waals surface area contributed by atoms with E-state index in [4.69, 9.17) is 11.6 Å². The van der Waals surface area contributed by atoms with Gasteiger partial charge in [-0.15, -0.1) is 11.6 Å². The molecule has 1 unspecified atom stereocenters. The van der Waals surface area contributed by atoms with Crippen LogP contribution in [0.3, 0.4) is 0 Å². The number of sulfone groups is 1. The lowest BCUT2D eigenvalue weighted by molar-refractivity contribution is 0.568. The summed E-state index contributed by atoms with van der Waals surface area (Å²) in [4.78, 5) is 4.10. The van der Waals surface area contributed by atoms with Crippen LogP contribution < -0.4 is 4.72 Å². The van der Waals surface area contributed by atoms with Crippen molar-refractivity contribution in [3.63, 3.8) is 0 Å². The van der Waals surface area contributed by atoms with Crippen LogP contribution in [0.1, 0.15) is 22.8 Å². The van der Waals surface area contributed by atoms with Crippen molar-refractivity contribution in [2.45, 2.75) is 23.5 Å². The molecule has 1 aromatic heterocycles. The number of rotatable bonds is 9. The Hall–Kier alpha value is -1.48. The highest BCUT2D eigenvalue weighted by Gasteiger charge is 2.30. The van der Waals surface area contributed by atoms with Crippen molar-refractivity contribution in [3.05, 3.63) is 59.9 Å². The van der Waals surface area contributed by atoms with Crippen molar-refractivity contribution in [2.24, 2.45) is 0 Å². The Bertz CT molecular complexity index is 915. The molecule has 1 aromatic carbocycles. The van der Waals surface area contributed by atoms with Crippen molar-refractivity contribution >= 4 is 31.5 Å². The van der Waals surface area contributed by atoms with Gasteiger partial charge in [-0.25, -0.2) is 21.6 Å². The molecule has 26 heavy (non-hydrogen) atoms. The summed E-state index contributed by atoms with van der Waals surface area (Å²) in [6, 6.07) is 9.70. The van der Waals surface area contributed by atoms with Crippen molar-refractivity contribution in [2.75, 3.05) is 18.2 Å². The lowest BCUT2D eigenvalue weighted by atomic mass is 10.2. The zero-order valence-electron chi connectivity index (χ0n) is 14.3. The maximum absolute atomic E-state index is 13.1. The number of nitrogens with zero attached hydrogens (tertiary/aromatic N) is 1. The molecule has 142 valence electrons. The van der Waals surface area contributed by atoms with Gasteiger partial charge >= 0.3 is 0 Å². The van der Waals surface area contributed by atoms with E-state index in [0.717, 1.165) is 5.56 Å². The summed E-state index contributed by atoms with van der Waals surface area (Å²) < 4.78 is 52.7. The van der Waals surface area contributed by atoms with Crippen molar-refractivity contribution in [1.82, 2.24) is 9.71 Å². The van der Waals surface area contributed by atoms with Crippen LogP contribution in [0, 0.1) is 6.92 Å². The quantitative estimate of drug-likeness (QED) is 0.634. The highest BCUT2D eigenvalue weighted by atomic mass is 35.5. The van der Waals surface area contributed by atoms with Crippen LogP contribution in [-0.4, -0.2) is 40.0 Å². The van der Waals surface area contributed by atoms with Gasteiger partial charge in [0.15, 0.2) is 9.84 Å². The zero-order chi connectivity index (χ0) is 19.2. The Morgan fingerprint density at radius 1 is 1.12 bits per heavy atom. The van der Waals surface area contributed by atoms with Crippen LogP contribution in [0.5, 0.6) is 0 Å². The summed E-state index contributed by atoms with van der Waals surface area (Å²) in [5.74, 6) is 0.0649. The van der Waals surface area contributed by atoms with Crippen LogP contribution in [0.4, 0.5) is 0 Å². The molecule has 1 N–H and O–H groups in total. The maximum Gasteiger partial charge on any atom is 0.211 e. The number of aromatic nitrogens is 1. The molecule has 0 aliphatic rings. The molecule has 9 heteroatoms. The minimum atomic E-state index is -3.81. The lowest BCUT2D eigenvalue weighted by Crippen LogP contribution is -2.33. The number of hydrogen-bond acceptors (Lipinski definition) is 5. The van der Waals surface area contributed by atoms with Gasteiger partial charge in [0.1, 0.15) is 5.25 Å². The lowest BCUT2D eigenvalue weighted by Gasteiger charge is -2.19. The summed E-state index contributed by atoms with van der Waals surface area (Å²) in [6.45, 7) is 1.59. The number of benzene rings is 1. The molecule has 1 atom stereocenters. The molecular weight excluding hydrogens is 396 g/mol. The Kier molecular flexibility index (Phi) is 7.16.